The van der Waals surface area contributed by atoms with Crippen LogP contribution in [0.15, 0.2) is 0 Å². The van der Waals surface area contributed by atoms with E-state index in [4.69, 9.17) is 5.73 Å². The Morgan fingerprint density at radius 2 is 2.30 bits per heavy atom. The van der Waals surface area contributed by atoms with Gasteiger partial charge < -0.3 is 11.1 Å². The molecule has 0 spiro atoms. The summed E-state index contributed by atoms with van der Waals surface area (Å²) < 4.78 is 25.4. The second-order valence-electron chi connectivity index (χ2n) is 2.67. The lowest BCUT2D eigenvalue weighted by atomic mass is 10.0. The molecule has 10 heavy (non-hydrogen) atoms. The zero-order valence-electron chi connectivity index (χ0n) is 5.74. The Kier molecular flexibility index (Phi) is 2.21. The van der Waals surface area contributed by atoms with E-state index in [9.17, 15) is 8.78 Å². The van der Waals surface area contributed by atoms with Crippen molar-refractivity contribution in [3.05, 3.63) is 0 Å². The van der Waals surface area contributed by atoms with E-state index in [1.165, 1.54) is 0 Å². The number of halogens is 2. The third-order valence-electron chi connectivity index (χ3n) is 1.86. The van der Waals surface area contributed by atoms with E-state index in [-0.39, 0.29) is 6.54 Å². The van der Waals surface area contributed by atoms with Crippen molar-refractivity contribution in [3.8, 4) is 0 Å². The summed E-state index contributed by atoms with van der Waals surface area (Å²) >= 11 is 0. The molecule has 2 nitrogen and oxygen atoms in total. The molecule has 1 rings (SSSR count). The van der Waals surface area contributed by atoms with Gasteiger partial charge in [-0.15, -0.1) is 0 Å². The molecule has 0 saturated carbocycles. The zero-order chi connectivity index (χ0) is 7.61. The van der Waals surface area contributed by atoms with Gasteiger partial charge in [-0.1, -0.05) is 0 Å². The van der Waals surface area contributed by atoms with Crippen molar-refractivity contribution in [1.29, 1.82) is 0 Å². The molecule has 1 fully saturated rings. The van der Waals surface area contributed by atoms with E-state index in [2.05, 4.69) is 5.32 Å². The predicted octanol–water partition coefficient (Wildman–Crippen LogP) is 0.190. The lowest BCUT2D eigenvalue weighted by Gasteiger charge is -2.15. The molecule has 0 aliphatic carbocycles. The molecule has 1 aliphatic heterocycles. The van der Waals surface area contributed by atoms with Crippen molar-refractivity contribution >= 4 is 0 Å². The highest BCUT2D eigenvalue weighted by Gasteiger charge is 2.42. The third-order valence-corrected chi connectivity index (χ3v) is 1.86. The monoisotopic (exact) mass is 150 g/mol. The summed E-state index contributed by atoms with van der Waals surface area (Å²) in [7, 11) is 0. The predicted molar refractivity (Wildman–Crippen MR) is 35.0 cm³/mol. The fourth-order valence-electron chi connectivity index (χ4n) is 1.22. The number of alkyl halides is 2. The molecule has 3 N–H and O–H groups in total. The minimum atomic E-state index is -2.53. The molecule has 1 atom stereocenters. The summed E-state index contributed by atoms with van der Waals surface area (Å²) in [4.78, 5) is 0. The van der Waals surface area contributed by atoms with Crippen molar-refractivity contribution in [2.24, 2.45) is 11.7 Å². The third kappa shape index (κ3) is 1.44. The highest BCUT2D eigenvalue weighted by atomic mass is 19.3. The molecule has 0 bridgehead atoms. The standard InChI is InChI=1S/C6H12F2N2/c7-6(8)4-10-3-5(6)1-2-9/h5,10H,1-4,9H2. The molecule has 1 aliphatic rings. The van der Waals surface area contributed by atoms with Crippen LogP contribution in [0.2, 0.25) is 0 Å². The first-order chi connectivity index (χ1) is 4.67. The van der Waals surface area contributed by atoms with Crippen LogP contribution in [0.3, 0.4) is 0 Å². The average molecular weight is 150 g/mol. The van der Waals surface area contributed by atoms with E-state index in [1.54, 1.807) is 0 Å². The quantitative estimate of drug-likeness (QED) is 0.589. The minimum absolute atomic E-state index is 0.183. The Morgan fingerprint density at radius 3 is 2.70 bits per heavy atom. The Bertz CT molecular complexity index is 116. The highest BCUT2D eigenvalue weighted by Crippen LogP contribution is 2.29. The molecule has 0 aromatic rings. The van der Waals surface area contributed by atoms with Gasteiger partial charge in [0.1, 0.15) is 0 Å². The fraction of sp³-hybridized carbons (Fsp3) is 1.00. The number of hydrogen-bond donors (Lipinski definition) is 2. The number of rotatable bonds is 2. The molecule has 4 heteroatoms. The van der Waals surface area contributed by atoms with Crippen LogP contribution in [-0.2, 0) is 0 Å². The van der Waals surface area contributed by atoms with E-state index < -0.39 is 11.8 Å². The first kappa shape index (κ1) is 7.88. The van der Waals surface area contributed by atoms with Crippen molar-refractivity contribution in [1.82, 2.24) is 5.32 Å². The lowest BCUT2D eigenvalue weighted by Crippen LogP contribution is -2.28. The molecule has 1 saturated heterocycles. The van der Waals surface area contributed by atoms with E-state index in [0.29, 0.717) is 19.5 Å². The summed E-state index contributed by atoms with van der Waals surface area (Å²) in [5.74, 6) is -3.07. The summed E-state index contributed by atoms with van der Waals surface area (Å²) in [5.41, 5.74) is 5.17. The largest absolute Gasteiger partial charge is 0.330 e. The first-order valence-electron chi connectivity index (χ1n) is 3.45. The second kappa shape index (κ2) is 2.80. The van der Waals surface area contributed by atoms with Crippen LogP contribution < -0.4 is 11.1 Å². The lowest BCUT2D eigenvalue weighted by molar-refractivity contribution is -0.0234. The van der Waals surface area contributed by atoms with Gasteiger partial charge in [0.25, 0.3) is 5.92 Å². The molecule has 0 aromatic heterocycles. The van der Waals surface area contributed by atoms with Crippen molar-refractivity contribution in [2.45, 2.75) is 12.3 Å². The maximum absolute atomic E-state index is 12.7. The van der Waals surface area contributed by atoms with Crippen LogP contribution in [0.5, 0.6) is 0 Å². The molecule has 0 radical (unpaired) electrons. The van der Waals surface area contributed by atoms with Gasteiger partial charge in [-0.05, 0) is 13.0 Å². The summed E-state index contributed by atoms with van der Waals surface area (Å²) in [5, 5.41) is 2.64. The Balaban J connectivity index is 2.43. The topological polar surface area (TPSA) is 38.0 Å². The van der Waals surface area contributed by atoms with Crippen LogP contribution >= 0.6 is 0 Å². The fourth-order valence-corrected chi connectivity index (χ4v) is 1.22. The molecular weight excluding hydrogens is 138 g/mol. The number of nitrogens with two attached hydrogens (primary N) is 1. The van der Waals surface area contributed by atoms with Crippen LogP contribution in [0.4, 0.5) is 8.78 Å². The normalized spacial score (nSPS) is 30.9. The van der Waals surface area contributed by atoms with E-state index >= 15 is 0 Å². The Labute approximate surface area is 58.8 Å². The van der Waals surface area contributed by atoms with Gasteiger partial charge in [0.2, 0.25) is 0 Å². The second-order valence-corrected chi connectivity index (χ2v) is 2.67. The molecular formula is C6H12F2N2. The molecule has 60 valence electrons. The summed E-state index contributed by atoms with van der Waals surface area (Å²) in [6.07, 6.45) is 0.417. The van der Waals surface area contributed by atoms with Crippen LogP contribution in [0.1, 0.15) is 6.42 Å². The van der Waals surface area contributed by atoms with Crippen molar-refractivity contribution < 1.29 is 8.78 Å². The van der Waals surface area contributed by atoms with Crippen LogP contribution in [-0.4, -0.2) is 25.6 Å². The van der Waals surface area contributed by atoms with E-state index in [1.807, 2.05) is 0 Å². The summed E-state index contributed by atoms with van der Waals surface area (Å²) in [6, 6.07) is 0. The molecule has 1 heterocycles. The Hall–Kier alpha value is -0.220. The van der Waals surface area contributed by atoms with E-state index in [0.717, 1.165) is 0 Å². The number of hydrogen-bond acceptors (Lipinski definition) is 2. The number of nitrogens with one attached hydrogen (secondary N) is 1. The van der Waals surface area contributed by atoms with Crippen molar-refractivity contribution in [2.75, 3.05) is 19.6 Å². The smallest absolute Gasteiger partial charge is 0.264 e. The van der Waals surface area contributed by atoms with Crippen molar-refractivity contribution in [3.63, 3.8) is 0 Å². The van der Waals surface area contributed by atoms with Gasteiger partial charge in [-0.3, -0.25) is 0 Å². The van der Waals surface area contributed by atoms with Gasteiger partial charge in [0.05, 0.1) is 6.54 Å². The zero-order valence-corrected chi connectivity index (χ0v) is 5.74. The first-order valence-corrected chi connectivity index (χ1v) is 3.45. The SMILES string of the molecule is NCCC1CNCC1(F)F. The maximum Gasteiger partial charge on any atom is 0.264 e. The molecule has 0 aromatic carbocycles. The average Bonchev–Trinajstić information content (AvgIpc) is 2.13. The van der Waals surface area contributed by atoms with Crippen LogP contribution in [0, 0.1) is 5.92 Å². The van der Waals surface area contributed by atoms with Gasteiger partial charge in [-0.2, -0.15) is 0 Å². The highest BCUT2D eigenvalue weighted by molar-refractivity contribution is 4.87. The summed E-state index contributed by atoms with van der Waals surface area (Å²) in [6.45, 7) is 0.573. The molecule has 1 unspecified atom stereocenters. The van der Waals surface area contributed by atoms with Gasteiger partial charge in [0, 0.05) is 12.5 Å². The van der Waals surface area contributed by atoms with Gasteiger partial charge in [-0.25, -0.2) is 8.78 Å². The maximum atomic E-state index is 12.7. The van der Waals surface area contributed by atoms with Crippen LogP contribution in [0.25, 0.3) is 0 Å². The van der Waals surface area contributed by atoms with Gasteiger partial charge >= 0.3 is 0 Å². The van der Waals surface area contributed by atoms with Gasteiger partial charge in [0.15, 0.2) is 0 Å². The molecule has 0 amide bonds. The Morgan fingerprint density at radius 1 is 1.60 bits per heavy atom. The minimum Gasteiger partial charge on any atom is -0.330 e.